The summed E-state index contributed by atoms with van der Waals surface area (Å²) in [4.78, 5) is 37.2. The van der Waals surface area contributed by atoms with Crippen molar-refractivity contribution in [3.8, 4) is 0 Å². The summed E-state index contributed by atoms with van der Waals surface area (Å²) in [7, 11) is 0. The SMILES string of the molecule is CCC(C)(C)NC(=O)c1ccc(NC(=O)C2=NN(Cc3ccc(F)cc3)C(=O)CC2)cc1. The largest absolute Gasteiger partial charge is 0.347 e. The van der Waals surface area contributed by atoms with E-state index in [-0.39, 0.29) is 48.3 Å². The monoisotopic (exact) mass is 438 g/mol. The predicted molar refractivity (Wildman–Crippen MR) is 121 cm³/mol. The lowest BCUT2D eigenvalue weighted by Crippen LogP contribution is -2.42. The van der Waals surface area contributed by atoms with Crippen molar-refractivity contribution in [3.05, 3.63) is 65.5 Å². The first-order chi connectivity index (χ1) is 15.2. The first kappa shape index (κ1) is 23.1. The molecular weight excluding hydrogens is 411 g/mol. The van der Waals surface area contributed by atoms with Crippen LogP contribution in [0.25, 0.3) is 0 Å². The maximum Gasteiger partial charge on any atom is 0.271 e. The maximum absolute atomic E-state index is 13.1. The Morgan fingerprint density at radius 3 is 2.31 bits per heavy atom. The van der Waals surface area contributed by atoms with Crippen molar-refractivity contribution >= 4 is 29.1 Å². The van der Waals surface area contributed by atoms with Crippen LogP contribution < -0.4 is 10.6 Å². The summed E-state index contributed by atoms with van der Waals surface area (Å²) in [5, 5.41) is 11.2. The minimum atomic E-state index is -0.411. The lowest BCUT2D eigenvalue weighted by molar-refractivity contribution is -0.132. The fourth-order valence-electron chi connectivity index (χ4n) is 3.03. The highest BCUT2D eigenvalue weighted by Gasteiger charge is 2.25. The van der Waals surface area contributed by atoms with Gasteiger partial charge in [0.05, 0.1) is 6.54 Å². The molecule has 0 aromatic heterocycles. The van der Waals surface area contributed by atoms with Crippen molar-refractivity contribution in [1.82, 2.24) is 10.3 Å². The lowest BCUT2D eigenvalue weighted by Gasteiger charge is -2.24. The van der Waals surface area contributed by atoms with Crippen molar-refractivity contribution in [2.75, 3.05) is 5.32 Å². The van der Waals surface area contributed by atoms with Gasteiger partial charge in [-0.3, -0.25) is 14.4 Å². The minimum absolute atomic E-state index is 0.161. The molecule has 0 spiro atoms. The fraction of sp³-hybridized carbons (Fsp3) is 0.333. The van der Waals surface area contributed by atoms with Crippen molar-refractivity contribution in [2.24, 2.45) is 5.10 Å². The molecule has 2 N–H and O–H groups in total. The standard InChI is InChI=1S/C24H27FN4O3/c1-4-24(2,3)27-22(31)17-7-11-19(12-8-17)26-23(32)20-13-14-21(30)29(28-20)15-16-5-9-18(25)10-6-16/h5-12H,4,13-15H2,1-3H3,(H,26,32)(H,27,31). The molecule has 1 heterocycles. The second kappa shape index (κ2) is 9.72. The van der Waals surface area contributed by atoms with Gasteiger partial charge in [-0.1, -0.05) is 19.1 Å². The van der Waals surface area contributed by atoms with Crippen molar-refractivity contribution in [3.63, 3.8) is 0 Å². The van der Waals surface area contributed by atoms with E-state index in [1.807, 2.05) is 20.8 Å². The first-order valence-electron chi connectivity index (χ1n) is 10.5. The van der Waals surface area contributed by atoms with E-state index in [4.69, 9.17) is 0 Å². The molecule has 2 aromatic rings. The third-order valence-corrected chi connectivity index (χ3v) is 5.35. The summed E-state index contributed by atoms with van der Waals surface area (Å²) in [6.07, 6.45) is 1.20. The van der Waals surface area contributed by atoms with Gasteiger partial charge in [0.25, 0.3) is 11.8 Å². The number of hydrazone groups is 1. The van der Waals surface area contributed by atoms with E-state index in [0.717, 1.165) is 6.42 Å². The first-order valence-corrected chi connectivity index (χ1v) is 10.5. The van der Waals surface area contributed by atoms with E-state index in [1.54, 1.807) is 36.4 Å². The molecule has 0 aliphatic carbocycles. The van der Waals surface area contributed by atoms with Crippen molar-refractivity contribution < 1.29 is 18.8 Å². The fourth-order valence-corrected chi connectivity index (χ4v) is 3.03. The van der Waals surface area contributed by atoms with Crippen LogP contribution in [0.5, 0.6) is 0 Å². The number of halogens is 1. The Morgan fingerprint density at radius 2 is 1.69 bits per heavy atom. The van der Waals surface area contributed by atoms with Gasteiger partial charge in [0.1, 0.15) is 11.5 Å². The van der Waals surface area contributed by atoms with E-state index in [1.165, 1.54) is 17.1 Å². The smallest absolute Gasteiger partial charge is 0.271 e. The Balaban J connectivity index is 1.64. The van der Waals surface area contributed by atoms with Crippen LogP contribution in [0.4, 0.5) is 10.1 Å². The molecule has 0 radical (unpaired) electrons. The van der Waals surface area contributed by atoms with Crippen molar-refractivity contribution in [2.45, 2.75) is 52.1 Å². The molecule has 2 aromatic carbocycles. The zero-order valence-electron chi connectivity index (χ0n) is 18.4. The zero-order valence-corrected chi connectivity index (χ0v) is 18.4. The number of nitrogens with one attached hydrogen (secondary N) is 2. The lowest BCUT2D eigenvalue weighted by atomic mass is 10.0. The zero-order chi connectivity index (χ0) is 23.3. The molecule has 3 rings (SSSR count). The van der Waals surface area contributed by atoms with E-state index < -0.39 is 5.91 Å². The number of amides is 3. The van der Waals surface area contributed by atoms with E-state index in [0.29, 0.717) is 16.8 Å². The molecule has 32 heavy (non-hydrogen) atoms. The van der Waals surface area contributed by atoms with Gasteiger partial charge in [-0.05, 0) is 62.2 Å². The average molecular weight is 439 g/mol. The Labute approximate surface area is 186 Å². The molecule has 1 aliphatic rings. The normalized spacial score (nSPS) is 14.1. The van der Waals surface area contributed by atoms with Crippen molar-refractivity contribution in [1.29, 1.82) is 0 Å². The number of rotatable bonds is 7. The minimum Gasteiger partial charge on any atom is -0.347 e. The third-order valence-electron chi connectivity index (χ3n) is 5.35. The van der Waals surface area contributed by atoms with Crippen LogP contribution >= 0.6 is 0 Å². The van der Waals surface area contributed by atoms with Crippen LogP contribution in [0.3, 0.4) is 0 Å². The number of carbonyl (C=O) groups excluding carboxylic acids is 3. The van der Waals surface area contributed by atoms with Gasteiger partial charge in [0.15, 0.2) is 0 Å². The average Bonchev–Trinajstić information content (AvgIpc) is 2.77. The number of hydrogen-bond acceptors (Lipinski definition) is 4. The molecule has 0 bridgehead atoms. The van der Waals surface area contributed by atoms with Crippen LogP contribution in [-0.4, -0.2) is 34.0 Å². The molecule has 0 fully saturated rings. The molecule has 0 unspecified atom stereocenters. The van der Waals surface area contributed by atoms with E-state index in [2.05, 4.69) is 15.7 Å². The van der Waals surface area contributed by atoms with E-state index in [9.17, 15) is 18.8 Å². The van der Waals surface area contributed by atoms with Gasteiger partial charge in [-0.15, -0.1) is 0 Å². The predicted octanol–water partition coefficient (Wildman–Crippen LogP) is 3.86. The number of carbonyl (C=O) groups is 3. The number of hydrogen-bond donors (Lipinski definition) is 2. The molecule has 0 saturated carbocycles. The van der Waals surface area contributed by atoms with Gasteiger partial charge < -0.3 is 10.6 Å². The molecule has 0 saturated heterocycles. The van der Waals surface area contributed by atoms with Gasteiger partial charge in [0.2, 0.25) is 5.91 Å². The summed E-state index contributed by atoms with van der Waals surface area (Å²) < 4.78 is 13.1. The molecule has 7 nitrogen and oxygen atoms in total. The van der Waals surface area contributed by atoms with Crippen LogP contribution in [0.1, 0.15) is 56.0 Å². The second-order valence-corrected chi connectivity index (χ2v) is 8.35. The quantitative estimate of drug-likeness (QED) is 0.688. The Morgan fingerprint density at radius 1 is 1.03 bits per heavy atom. The van der Waals surface area contributed by atoms with Crippen LogP contribution in [-0.2, 0) is 16.1 Å². The Bertz CT molecular complexity index is 1030. The summed E-state index contributed by atoms with van der Waals surface area (Å²) >= 11 is 0. The van der Waals surface area contributed by atoms with Gasteiger partial charge in [-0.25, -0.2) is 9.40 Å². The molecule has 0 atom stereocenters. The highest BCUT2D eigenvalue weighted by atomic mass is 19.1. The van der Waals surface area contributed by atoms with Crippen LogP contribution in [0, 0.1) is 5.82 Å². The molecule has 8 heteroatoms. The highest BCUT2D eigenvalue weighted by Crippen LogP contribution is 2.17. The summed E-state index contributed by atoms with van der Waals surface area (Å²) in [5.41, 5.74) is 1.66. The summed E-state index contributed by atoms with van der Waals surface area (Å²) in [5.74, 6) is -1.15. The molecule has 1 aliphatic heterocycles. The number of anilines is 1. The Kier molecular flexibility index (Phi) is 7.02. The number of nitrogens with zero attached hydrogens (tertiary/aromatic N) is 2. The summed E-state index contributed by atoms with van der Waals surface area (Å²) in [6, 6.07) is 12.4. The highest BCUT2D eigenvalue weighted by molar-refractivity contribution is 6.43. The molecular formula is C24H27FN4O3. The van der Waals surface area contributed by atoms with Crippen LogP contribution in [0.2, 0.25) is 0 Å². The maximum atomic E-state index is 13.1. The molecule has 168 valence electrons. The molecule has 3 amide bonds. The van der Waals surface area contributed by atoms with E-state index >= 15 is 0 Å². The van der Waals surface area contributed by atoms with Crippen LogP contribution in [0.15, 0.2) is 53.6 Å². The topological polar surface area (TPSA) is 90.9 Å². The van der Waals surface area contributed by atoms with Gasteiger partial charge >= 0.3 is 0 Å². The second-order valence-electron chi connectivity index (χ2n) is 8.35. The summed E-state index contributed by atoms with van der Waals surface area (Å²) in [6.45, 7) is 6.07. The third kappa shape index (κ3) is 6.00. The van der Waals surface area contributed by atoms with Gasteiger partial charge in [-0.2, -0.15) is 5.10 Å². The Hall–Kier alpha value is -3.55. The van der Waals surface area contributed by atoms with Gasteiger partial charge in [0, 0.05) is 29.6 Å². The number of benzene rings is 2.